The van der Waals surface area contributed by atoms with E-state index >= 15 is 0 Å². The highest BCUT2D eigenvalue weighted by atomic mass is 19.1. The monoisotopic (exact) mass is 344 g/mol. The van der Waals surface area contributed by atoms with Crippen LogP contribution in [0.4, 0.5) is 4.39 Å². The first-order chi connectivity index (χ1) is 12.0. The third-order valence-corrected chi connectivity index (χ3v) is 3.60. The number of halogens is 1. The number of nitrogens with one attached hydrogen (secondary N) is 2. The number of imidazole rings is 1. The number of aromatic nitrogens is 2. The van der Waals surface area contributed by atoms with Crippen LogP contribution in [0.1, 0.15) is 18.2 Å². The van der Waals surface area contributed by atoms with Crippen LogP contribution in [0.2, 0.25) is 0 Å². The average Bonchev–Trinajstić information content (AvgIpc) is 3.08. The fraction of sp³-hybridized carbons (Fsp3) is 0.278. The fourth-order valence-corrected chi connectivity index (χ4v) is 2.48. The first-order valence-electron chi connectivity index (χ1n) is 7.88. The van der Waals surface area contributed by atoms with Crippen LogP contribution in [0.5, 0.6) is 0 Å². The van der Waals surface area contributed by atoms with Crippen molar-refractivity contribution in [2.45, 2.75) is 25.9 Å². The minimum atomic E-state index is -0.724. The molecule has 0 saturated heterocycles. The Kier molecular flexibility index (Phi) is 6.45. The van der Waals surface area contributed by atoms with Crippen molar-refractivity contribution < 1.29 is 14.0 Å². The molecule has 7 heteroatoms. The summed E-state index contributed by atoms with van der Waals surface area (Å²) >= 11 is 0. The van der Waals surface area contributed by atoms with Gasteiger partial charge in [0.25, 0.3) is 0 Å². The Hall–Kier alpha value is -2.96. The van der Waals surface area contributed by atoms with Gasteiger partial charge in [0, 0.05) is 38.3 Å². The van der Waals surface area contributed by atoms with Crippen molar-refractivity contribution in [2.24, 2.45) is 0 Å². The maximum Gasteiger partial charge on any atom is 0.246 e. The van der Waals surface area contributed by atoms with Gasteiger partial charge in [0.1, 0.15) is 11.9 Å². The van der Waals surface area contributed by atoms with Gasteiger partial charge in [-0.15, -0.1) is 6.58 Å². The largest absolute Gasteiger partial charge is 0.348 e. The van der Waals surface area contributed by atoms with E-state index in [2.05, 4.69) is 21.9 Å². The minimum absolute atomic E-state index is 0.242. The molecular formula is C18H21FN4O2. The molecule has 2 rings (SSSR count). The molecule has 1 aromatic carbocycles. The van der Waals surface area contributed by atoms with E-state index in [0.29, 0.717) is 19.5 Å². The van der Waals surface area contributed by atoms with Crippen molar-refractivity contribution in [1.82, 2.24) is 20.2 Å². The summed E-state index contributed by atoms with van der Waals surface area (Å²) < 4.78 is 13.1. The van der Waals surface area contributed by atoms with E-state index in [1.807, 2.05) is 0 Å². The molecule has 0 unspecified atom stereocenters. The zero-order valence-electron chi connectivity index (χ0n) is 14.0. The Bertz CT molecular complexity index is 713. The maximum absolute atomic E-state index is 13.1. The standard InChI is InChI=1S/C18H21FN4O2/c1-3-8-23(11-14-4-6-15(19)7-5-14)18(25)17(22-13(2)24)9-16-10-20-12-21-16/h3-7,10,12,17H,1,8-9,11H2,2H3,(H,20,21)(H,22,24)/t17-/m0/s1. The average molecular weight is 344 g/mol. The SMILES string of the molecule is C=CCN(Cc1ccc(F)cc1)C(=O)[C@H](Cc1cnc[nH]1)NC(C)=O. The molecule has 1 aromatic heterocycles. The minimum Gasteiger partial charge on any atom is -0.348 e. The molecule has 0 radical (unpaired) electrons. The van der Waals surface area contributed by atoms with E-state index in [-0.39, 0.29) is 17.6 Å². The van der Waals surface area contributed by atoms with Crippen molar-refractivity contribution in [3.63, 3.8) is 0 Å². The van der Waals surface area contributed by atoms with Crippen LogP contribution in [-0.4, -0.2) is 39.3 Å². The summed E-state index contributed by atoms with van der Waals surface area (Å²) in [5, 5.41) is 2.68. The molecule has 132 valence electrons. The van der Waals surface area contributed by atoms with Gasteiger partial charge in [0.05, 0.1) is 6.33 Å². The van der Waals surface area contributed by atoms with Crippen LogP contribution in [0, 0.1) is 5.82 Å². The Morgan fingerprint density at radius 2 is 2.12 bits per heavy atom. The van der Waals surface area contributed by atoms with E-state index in [1.54, 1.807) is 29.3 Å². The highest BCUT2D eigenvalue weighted by Crippen LogP contribution is 2.10. The lowest BCUT2D eigenvalue weighted by atomic mass is 10.1. The second kappa shape index (κ2) is 8.77. The number of aromatic amines is 1. The Balaban J connectivity index is 2.16. The van der Waals surface area contributed by atoms with E-state index < -0.39 is 6.04 Å². The smallest absolute Gasteiger partial charge is 0.246 e. The molecule has 0 aliphatic carbocycles. The molecule has 0 aliphatic rings. The van der Waals surface area contributed by atoms with Crippen LogP contribution in [0.15, 0.2) is 49.4 Å². The van der Waals surface area contributed by atoms with Crippen molar-refractivity contribution in [3.8, 4) is 0 Å². The molecule has 2 amide bonds. The lowest BCUT2D eigenvalue weighted by Gasteiger charge is -2.27. The zero-order chi connectivity index (χ0) is 18.2. The molecule has 0 saturated carbocycles. The second-order valence-electron chi connectivity index (χ2n) is 5.67. The summed E-state index contributed by atoms with van der Waals surface area (Å²) in [6, 6.07) is 5.23. The number of amides is 2. The van der Waals surface area contributed by atoms with Gasteiger partial charge in [-0.25, -0.2) is 9.37 Å². The number of nitrogens with zero attached hydrogens (tertiary/aromatic N) is 2. The highest BCUT2D eigenvalue weighted by Gasteiger charge is 2.25. The van der Waals surface area contributed by atoms with Crippen molar-refractivity contribution >= 4 is 11.8 Å². The fourth-order valence-electron chi connectivity index (χ4n) is 2.48. The van der Waals surface area contributed by atoms with Crippen molar-refractivity contribution in [3.05, 3.63) is 66.5 Å². The summed E-state index contributed by atoms with van der Waals surface area (Å²) in [7, 11) is 0. The third kappa shape index (κ3) is 5.56. The lowest BCUT2D eigenvalue weighted by Crippen LogP contribution is -2.49. The number of hydrogen-bond acceptors (Lipinski definition) is 3. The van der Waals surface area contributed by atoms with Gasteiger partial charge in [-0.1, -0.05) is 18.2 Å². The molecule has 0 fully saturated rings. The van der Waals surface area contributed by atoms with Crippen LogP contribution >= 0.6 is 0 Å². The first-order valence-corrected chi connectivity index (χ1v) is 7.88. The molecule has 2 N–H and O–H groups in total. The summed E-state index contributed by atoms with van der Waals surface area (Å²) in [5.41, 5.74) is 1.53. The van der Waals surface area contributed by atoms with E-state index in [4.69, 9.17) is 0 Å². The number of hydrogen-bond donors (Lipinski definition) is 2. The predicted molar refractivity (Wildman–Crippen MR) is 91.9 cm³/mol. The highest BCUT2D eigenvalue weighted by molar-refractivity contribution is 5.87. The summed E-state index contributed by atoms with van der Waals surface area (Å²) in [6.45, 7) is 5.65. The summed E-state index contributed by atoms with van der Waals surface area (Å²) in [6.07, 6.45) is 5.04. The number of H-pyrrole nitrogens is 1. The molecule has 1 atom stereocenters. The predicted octanol–water partition coefficient (Wildman–Crippen LogP) is 1.81. The number of carbonyl (C=O) groups is 2. The van der Waals surface area contributed by atoms with Crippen LogP contribution in [0.25, 0.3) is 0 Å². The Morgan fingerprint density at radius 1 is 1.40 bits per heavy atom. The number of benzene rings is 1. The molecule has 2 aromatic rings. The van der Waals surface area contributed by atoms with E-state index in [0.717, 1.165) is 11.3 Å². The summed E-state index contributed by atoms with van der Waals surface area (Å²) in [5.74, 6) is -0.868. The van der Waals surface area contributed by atoms with Crippen molar-refractivity contribution in [1.29, 1.82) is 0 Å². The van der Waals surface area contributed by atoms with Crippen molar-refractivity contribution in [2.75, 3.05) is 6.54 Å². The Morgan fingerprint density at radius 3 is 2.68 bits per heavy atom. The van der Waals surface area contributed by atoms with Crippen LogP contribution in [0.3, 0.4) is 0 Å². The normalized spacial score (nSPS) is 11.6. The van der Waals surface area contributed by atoms with Gasteiger partial charge in [-0.05, 0) is 17.7 Å². The van der Waals surface area contributed by atoms with Gasteiger partial charge >= 0.3 is 0 Å². The molecule has 1 heterocycles. The van der Waals surface area contributed by atoms with Gasteiger partial charge < -0.3 is 15.2 Å². The van der Waals surface area contributed by atoms with Gasteiger partial charge in [-0.3, -0.25) is 9.59 Å². The van der Waals surface area contributed by atoms with Gasteiger partial charge in [0.2, 0.25) is 11.8 Å². The van der Waals surface area contributed by atoms with E-state index in [1.165, 1.54) is 25.4 Å². The van der Waals surface area contributed by atoms with Gasteiger partial charge in [0.15, 0.2) is 0 Å². The molecule has 25 heavy (non-hydrogen) atoms. The first kappa shape index (κ1) is 18.4. The molecule has 0 bridgehead atoms. The molecule has 0 aliphatic heterocycles. The van der Waals surface area contributed by atoms with Crippen LogP contribution in [-0.2, 0) is 22.6 Å². The zero-order valence-corrected chi connectivity index (χ0v) is 14.0. The number of rotatable bonds is 8. The second-order valence-corrected chi connectivity index (χ2v) is 5.67. The molecule has 6 nitrogen and oxygen atoms in total. The van der Waals surface area contributed by atoms with Gasteiger partial charge in [-0.2, -0.15) is 0 Å². The number of carbonyl (C=O) groups excluding carboxylic acids is 2. The molecule has 0 spiro atoms. The van der Waals surface area contributed by atoms with Crippen LogP contribution < -0.4 is 5.32 Å². The molecular weight excluding hydrogens is 323 g/mol. The maximum atomic E-state index is 13.1. The lowest BCUT2D eigenvalue weighted by molar-refractivity contribution is -0.136. The Labute approximate surface area is 145 Å². The third-order valence-electron chi connectivity index (χ3n) is 3.60. The van der Waals surface area contributed by atoms with E-state index in [9.17, 15) is 14.0 Å². The topological polar surface area (TPSA) is 78.1 Å². The quantitative estimate of drug-likeness (QED) is 0.717. The summed E-state index contributed by atoms with van der Waals surface area (Å²) in [4.78, 5) is 32.8.